The summed E-state index contributed by atoms with van der Waals surface area (Å²) in [4.78, 5) is 35.2. The third-order valence-corrected chi connectivity index (χ3v) is 5.68. The zero-order chi connectivity index (χ0) is 22.4. The van der Waals surface area contributed by atoms with Crippen LogP contribution in [0.3, 0.4) is 0 Å². The fraction of sp³-hybridized carbons (Fsp3) is 0.640. The van der Waals surface area contributed by atoms with Gasteiger partial charge in [0.15, 0.2) is 5.78 Å². The van der Waals surface area contributed by atoms with E-state index >= 15 is 0 Å². The van der Waals surface area contributed by atoms with Gasteiger partial charge in [0, 0.05) is 37.8 Å². The molecule has 168 valence electrons. The maximum absolute atomic E-state index is 12.4. The van der Waals surface area contributed by atoms with Gasteiger partial charge in [0.1, 0.15) is 0 Å². The number of hydrogen-bond acceptors (Lipinski definition) is 4. The minimum atomic E-state index is -0.408. The number of unbranched alkanes of at least 4 members (excludes halogenated alkanes) is 4. The van der Waals surface area contributed by atoms with Crippen molar-refractivity contribution in [2.24, 2.45) is 0 Å². The number of esters is 1. The molecule has 0 fully saturated rings. The molecule has 5 nitrogen and oxygen atoms in total. The van der Waals surface area contributed by atoms with Crippen molar-refractivity contribution in [2.45, 2.75) is 97.4 Å². The molecule has 1 amide bonds. The van der Waals surface area contributed by atoms with Crippen LogP contribution in [0.25, 0.3) is 0 Å². The van der Waals surface area contributed by atoms with E-state index < -0.39 is 5.54 Å². The summed E-state index contributed by atoms with van der Waals surface area (Å²) >= 11 is 0. The van der Waals surface area contributed by atoms with E-state index in [1.54, 1.807) is 0 Å². The van der Waals surface area contributed by atoms with Gasteiger partial charge in [0.25, 0.3) is 0 Å². The molecule has 0 bridgehead atoms. The van der Waals surface area contributed by atoms with Crippen molar-refractivity contribution in [3.8, 4) is 0 Å². The molecule has 0 saturated heterocycles. The maximum atomic E-state index is 12.4. The summed E-state index contributed by atoms with van der Waals surface area (Å²) in [6.07, 6.45) is 9.19. The number of ether oxygens (including phenoxy) is 1. The van der Waals surface area contributed by atoms with Gasteiger partial charge in [-0.15, -0.1) is 0 Å². The van der Waals surface area contributed by atoms with Gasteiger partial charge in [-0.3, -0.25) is 14.4 Å². The molecule has 1 aromatic rings. The van der Waals surface area contributed by atoms with E-state index in [9.17, 15) is 14.4 Å². The highest BCUT2D eigenvalue weighted by Gasteiger charge is 2.29. The number of rotatable bonds is 15. The summed E-state index contributed by atoms with van der Waals surface area (Å²) in [5.74, 6) is -0.186. The quantitative estimate of drug-likeness (QED) is 0.236. The predicted molar refractivity (Wildman–Crippen MR) is 121 cm³/mol. The Bertz CT molecular complexity index is 668. The van der Waals surface area contributed by atoms with Crippen LogP contribution in [-0.4, -0.2) is 29.8 Å². The van der Waals surface area contributed by atoms with Gasteiger partial charge in [0.05, 0.1) is 6.61 Å². The van der Waals surface area contributed by atoms with E-state index in [-0.39, 0.29) is 24.3 Å². The lowest BCUT2D eigenvalue weighted by Crippen LogP contribution is -2.48. The summed E-state index contributed by atoms with van der Waals surface area (Å²) in [5, 5.41) is 3.07. The van der Waals surface area contributed by atoms with E-state index in [0.29, 0.717) is 12.8 Å². The van der Waals surface area contributed by atoms with Crippen molar-refractivity contribution in [1.82, 2.24) is 5.32 Å². The van der Waals surface area contributed by atoms with Crippen LogP contribution in [0.15, 0.2) is 24.3 Å². The van der Waals surface area contributed by atoms with Crippen molar-refractivity contribution >= 4 is 17.7 Å². The third kappa shape index (κ3) is 10.0. The van der Waals surface area contributed by atoms with Crippen LogP contribution < -0.4 is 5.32 Å². The smallest absolute Gasteiger partial charge is 0.302 e. The lowest BCUT2D eigenvalue weighted by molar-refractivity contribution is -0.141. The number of hydrogen-bond donors (Lipinski definition) is 1. The minimum Gasteiger partial charge on any atom is -0.466 e. The van der Waals surface area contributed by atoms with E-state index in [1.165, 1.54) is 33.1 Å². The molecule has 0 radical (unpaired) electrons. The molecule has 0 saturated carbocycles. The molecule has 0 aliphatic rings. The van der Waals surface area contributed by atoms with E-state index in [0.717, 1.165) is 43.2 Å². The maximum Gasteiger partial charge on any atom is 0.302 e. The number of amides is 1. The number of nitrogens with one attached hydrogen (secondary N) is 1. The first-order valence-corrected chi connectivity index (χ1v) is 11.4. The highest BCUT2D eigenvalue weighted by atomic mass is 16.5. The molecular formula is C25H39NO4. The number of benzene rings is 1. The van der Waals surface area contributed by atoms with Gasteiger partial charge in [-0.25, -0.2) is 0 Å². The second-order valence-corrected chi connectivity index (χ2v) is 8.19. The van der Waals surface area contributed by atoms with Crippen LogP contribution in [0.1, 0.15) is 101 Å². The third-order valence-electron chi connectivity index (χ3n) is 5.68. The van der Waals surface area contributed by atoms with E-state index in [1.807, 2.05) is 31.2 Å². The molecule has 0 spiro atoms. The van der Waals surface area contributed by atoms with Crippen molar-refractivity contribution in [3.63, 3.8) is 0 Å². The van der Waals surface area contributed by atoms with E-state index in [4.69, 9.17) is 4.74 Å². The lowest BCUT2D eigenvalue weighted by Gasteiger charge is -2.33. The summed E-state index contributed by atoms with van der Waals surface area (Å²) < 4.78 is 5.10. The topological polar surface area (TPSA) is 72.5 Å². The van der Waals surface area contributed by atoms with Crippen LogP contribution >= 0.6 is 0 Å². The van der Waals surface area contributed by atoms with Crippen LogP contribution in [0.4, 0.5) is 0 Å². The lowest BCUT2D eigenvalue weighted by atomic mass is 9.85. The Balaban J connectivity index is 2.63. The Labute approximate surface area is 182 Å². The predicted octanol–water partition coefficient (Wildman–Crippen LogP) is 5.40. The van der Waals surface area contributed by atoms with Gasteiger partial charge in [0.2, 0.25) is 5.91 Å². The normalized spacial score (nSPS) is 12.8. The Hall–Kier alpha value is -2.17. The molecule has 30 heavy (non-hydrogen) atoms. The van der Waals surface area contributed by atoms with Crippen molar-refractivity contribution in [2.75, 3.05) is 6.61 Å². The number of ketones is 1. The number of carbonyl (C=O) groups excluding carboxylic acids is 3. The highest BCUT2D eigenvalue weighted by Crippen LogP contribution is 2.23. The average Bonchev–Trinajstić information content (AvgIpc) is 2.71. The van der Waals surface area contributed by atoms with Crippen LogP contribution in [0.5, 0.6) is 0 Å². The second kappa shape index (κ2) is 13.9. The summed E-state index contributed by atoms with van der Waals surface area (Å²) in [6, 6.07) is 7.83. The largest absolute Gasteiger partial charge is 0.466 e. The zero-order valence-corrected chi connectivity index (χ0v) is 19.2. The highest BCUT2D eigenvalue weighted by molar-refractivity contribution is 5.96. The van der Waals surface area contributed by atoms with Crippen molar-refractivity contribution in [3.05, 3.63) is 35.4 Å². The first kappa shape index (κ1) is 25.9. The monoisotopic (exact) mass is 417 g/mol. The van der Waals surface area contributed by atoms with Crippen molar-refractivity contribution < 1.29 is 19.1 Å². The minimum absolute atomic E-state index is 0.0837. The Morgan fingerprint density at radius 3 is 2.17 bits per heavy atom. The zero-order valence-electron chi connectivity index (χ0n) is 19.2. The van der Waals surface area contributed by atoms with Crippen LogP contribution in [0.2, 0.25) is 0 Å². The summed E-state index contributed by atoms with van der Waals surface area (Å²) in [7, 11) is 0. The standard InChI is InChI=1S/C25H39NO4/c1-5-7-8-9-10-11-24(29)23-14-12-22(13-15-23)16-17-25(6-2,26-20(3)27)18-19-30-21(4)28/h12-15H,5-11,16-19H2,1-4H3,(H,26,27). The molecule has 0 aromatic heterocycles. The van der Waals surface area contributed by atoms with Gasteiger partial charge in [-0.1, -0.05) is 63.8 Å². The molecule has 0 heterocycles. The van der Waals surface area contributed by atoms with Gasteiger partial charge in [-0.2, -0.15) is 0 Å². The van der Waals surface area contributed by atoms with Gasteiger partial charge < -0.3 is 10.1 Å². The molecule has 1 rings (SSSR count). The molecule has 5 heteroatoms. The summed E-state index contributed by atoms with van der Waals surface area (Å²) in [6.45, 7) is 7.41. The molecular weight excluding hydrogens is 378 g/mol. The fourth-order valence-corrected chi connectivity index (χ4v) is 3.73. The number of Topliss-reactive ketones (excluding diaryl/α,β-unsaturated/α-hetero) is 1. The number of aryl methyl sites for hydroxylation is 1. The van der Waals surface area contributed by atoms with Crippen LogP contribution in [-0.2, 0) is 20.7 Å². The molecule has 1 N–H and O–H groups in total. The summed E-state index contributed by atoms with van der Waals surface area (Å²) in [5.41, 5.74) is 1.49. The Morgan fingerprint density at radius 1 is 0.933 bits per heavy atom. The second-order valence-electron chi connectivity index (χ2n) is 8.19. The molecule has 0 aliphatic carbocycles. The van der Waals surface area contributed by atoms with Crippen LogP contribution in [0, 0.1) is 0 Å². The van der Waals surface area contributed by atoms with Crippen molar-refractivity contribution in [1.29, 1.82) is 0 Å². The fourth-order valence-electron chi connectivity index (χ4n) is 3.73. The number of carbonyl (C=O) groups is 3. The molecule has 1 aromatic carbocycles. The molecule has 1 unspecified atom stereocenters. The molecule has 1 atom stereocenters. The Kier molecular flexibility index (Phi) is 12.0. The molecule has 0 aliphatic heterocycles. The SMILES string of the molecule is CCCCCCCC(=O)c1ccc(CCC(CC)(CCOC(C)=O)NC(C)=O)cc1. The Morgan fingerprint density at radius 2 is 1.60 bits per heavy atom. The average molecular weight is 418 g/mol. The van der Waals surface area contributed by atoms with Gasteiger partial charge in [-0.05, 0) is 31.2 Å². The first-order valence-electron chi connectivity index (χ1n) is 11.4. The first-order chi connectivity index (χ1) is 14.3. The van der Waals surface area contributed by atoms with Gasteiger partial charge >= 0.3 is 5.97 Å². The van der Waals surface area contributed by atoms with E-state index in [2.05, 4.69) is 12.2 Å².